The maximum absolute atomic E-state index is 5.30. The Kier molecular flexibility index (Phi) is 8.01. The molecule has 0 bridgehead atoms. The van der Waals surface area contributed by atoms with Crippen LogP contribution in [0, 0.1) is 0 Å². The molecular formula is C53H33N3S. The molecule has 57 heavy (non-hydrogen) atoms. The molecule has 0 saturated carbocycles. The first-order valence-corrected chi connectivity index (χ1v) is 20.0. The number of fused-ring (bicyclic) bond motifs is 7. The van der Waals surface area contributed by atoms with Gasteiger partial charge in [-0.05, 0) is 46.5 Å². The summed E-state index contributed by atoms with van der Waals surface area (Å²) in [6.45, 7) is 0. The van der Waals surface area contributed by atoms with Crippen molar-refractivity contribution in [3.05, 3.63) is 200 Å². The van der Waals surface area contributed by atoms with Crippen molar-refractivity contribution in [2.45, 2.75) is 0 Å². The number of rotatable bonds is 6. The number of para-hydroxylation sites is 1. The average Bonchev–Trinajstić information content (AvgIpc) is 3.68. The molecule has 0 spiro atoms. The maximum atomic E-state index is 5.30. The molecule has 3 heterocycles. The van der Waals surface area contributed by atoms with Crippen molar-refractivity contribution in [2.24, 2.45) is 0 Å². The third-order valence-electron chi connectivity index (χ3n) is 10.9. The Morgan fingerprint density at radius 3 is 1.60 bits per heavy atom. The van der Waals surface area contributed by atoms with Crippen molar-refractivity contribution < 1.29 is 0 Å². The summed E-state index contributed by atoms with van der Waals surface area (Å²) < 4.78 is 2.62. The Bertz CT molecular complexity index is 3260. The second-order valence-corrected chi connectivity index (χ2v) is 15.4. The van der Waals surface area contributed by atoms with Crippen LogP contribution in [0.15, 0.2) is 200 Å². The van der Waals surface area contributed by atoms with Crippen LogP contribution in [0.3, 0.4) is 0 Å². The lowest BCUT2D eigenvalue weighted by Crippen LogP contribution is -1.96. The predicted octanol–water partition coefficient (Wildman–Crippen LogP) is 14.5. The van der Waals surface area contributed by atoms with Crippen molar-refractivity contribution in [3.8, 4) is 67.4 Å². The normalized spacial score (nSPS) is 11.5. The van der Waals surface area contributed by atoms with E-state index in [4.69, 9.17) is 15.0 Å². The quantitative estimate of drug-likeness (QED) is 0.159. The Morgan fingerprint density at radius 1 is 0.316 bits per heavy atom. The second kappa shape index (κ2) is 13.8. The molecule has 0 atom stereocenters. The Balaban J connectivity index is 0.978. The fourth-order valence-electron chi connectivity index (χ4n) is 8.04. The first-order valence-electron chi connectivity index (χ1n) is 19.2. The molecular weight excluding hydrogens is 711 g/mol. The van der Waals surface area contributed by atoms with E-state index in [0.717, 1.165) is 56.0 Å². The van der Waals surface area contributed by atoms with Crippen LogP contribution in [0.25, 0.3) is 109 Å². The molecule has 0 aliphatic heterocycles. The van der Waals surface area contributed by atoms with Gasteiger partial charge in [0.15, 0.2) is 5.82 Å². The molecule has 0 aliphatic rings. The second-order valence-electron chi connectivity index (χ2n) is 14.4. The highest BCUT2D eigenvalue weighted by atomic mass is 32.1. The number of thiophene rings is 1. The third kappa shape index (κ3) is 5.95. The van der Waals surface area contributed by atoms with Crippen LogP contribution in [-0.2, 0) is 0 Å². The van der Waals surface area contributed by atoms with E-state index in [0.29, 0.717) is 5.82 Å². The number of aromatic nitrogens is 3. The first kappa shape index (κ1) is 33.1. The van der Waals surface area contributed by atoms with Gasteiger partial charge in [0.2, 0.25) is 0 Å². The number of hydrogen-bond acceptors (Lipinski definition) is 4. The Morgan fingerprint density at radius 2 is 0.842 bits per heavy atom. The summed E-state index contributed by atoms with van der Waals surface area (Å²) in [7, 11) is 0. The lowest BCUT2D eigenvalue weighted by molar-refractivity contribution is 1.18. The number of nitrogens with zero attached hydrogens (tertiary/aromatic N) is 3. The van der Waals surface area contributed by atoms with E-state index in [1.54, 1.807) is 0 Å². The number of pyridine rings is 1. The number of benzene rings is 8. The highest BCUT2D eigenvalue weighted by molar-refractivity contribution is 7.26. The largest absolute Gasteiger partial charge is 0.247 e. The topological polar surface area (TPSA) is 38.7 Å². The minimum atomic E-state index is 0.693. The predicted molar refractivity (Wildman–Crippen MR) is 240 cm³/mol. The van der Waals surface area contributed by atoms with E-state index in [2.05, 4.69) is 188 Å². The zero-order valence-electron chi connectivity index (χ0n) is 30.8. The van der Waals surface area contributed by atoms with Gasteiger partial charge in [0, 0.05) is 58.6 Å². The van der Waals surface area contributed by atoms with E-state index < -0.39 is 0 Å². The summed E-state index contributed by atoms with van der Waals surface area (Å²) in [5, 5.41) is 6.23. The standard InChI is InChI=1S/C53H33N3S/c1-3-12-34(13-4-1)35-22-26-38(27-23-35)48-33-47(37-14-5-2-6-15-37)55-53(56-48)39-28-24-36(25-29-39)40-16-11-17-41(32-40)51-45-31-30-43-42-18-8-10-21-49(42)57-52(43)50(45)44-19-7-9-20-46(44)54-51/h1-33H. The summed E-state index contributed by atoms with van der Waals surface area (Å²) in [5.74, 6) is 0.693. The van der Waals surface area contributed by atoms with Crippen LogP contribution >= 0.6 is 11.3 Å². The first-order chi connectivity index (χ1) is 28.2. The van der Waals surface area contributed by atoms with Gasteiger partial charge in [0.05, 0.1) is 22.6 Å². The lowest BCUT2D eigenvalue weighted by Gasteiger charge is -2.13. The van der Waals surface area contributed by atoms with Gasteiger partial charge in [-0.25, -0.2) is 15.0 Å². The smallest absolute Gasteiger partial charge is 0.160 e. The van der Waals surface area contributed by atoms with Gasteiger partial charge >= 0.3 is 0 Å². The fourth-order valence-corrected chi connectivity index (χ4v) is 9.30. The van der Waals surface area contributed by atoms with Crippen LogP contribution in [-0.4, -0.2) is 15.0 Å². The molecule has 4 heteroatoms. The minimum absolute atomic E-state index is 0.693. The maximum Gasteiger partial charge on any atom is 0.160 e. The van der Waals surface area contributed by atoms with Crippen molar-refractivity contribution >= 4 is 53.2 Å². The molecule has 3 aromatic heterocycles. The average molecular weight is 744 g/mol. The molecule has 3 nitrogen and oxygen atoms in total. The lowest BCUT2D eigenvalue weighted by atomic mass is 9.96. The van der Waals surface area contributed by atoms with Crippen molar-refractivity contribution in [1.82, 2.24) is 15.0 Å². The van der Waals surface area contributed by atoms with E-state index in [1.165, 1.54) is 47.5 Å². The molecule has 0 amide bonds. The molecule has 0 radical (unpaired) electrons. The SMILES string of the molecule is c1ccc(-c2ccc(-c3cc(-c4ccccc4)nc(-c4ccc(-c5cccc(-c6nc7ccccc7c7c6ccc6c8ccccc8sc67)c5)cc4)n3)cc2)cc1. The Hall–Kier alpha value is -7.27. The zero-order valence-corrected chi connectivity index (χ0v) is 31.6. The molecule has 0 unspecified atom stereocenters. The fraction of sp³-hybridized carbons (Fsp3) is 0. The zero-order chi connectivity index (χ0) is 37.7. The van der Waals surface area contributed by atoms with E-state index in [9.17, 15) is 0 Å². The summed E-state index contributed by atoms with van der Waals surface area (Å²) >= 11 is 1.87. The summed E-state index contributed by atoms with van der Waals surface area (Å²) in [6.07, 6.45) is 0. The summed E-state index contributed by atoms with van der Waals surface area (Å²) in [5.41, 5.74) is 12.6. The van der Waals surface area contributed by atoms with Gasteiger partial charge in [-0.15, -0.1) is 11.3 Å². The van der Waals surface area contributed by atoms with Crippen LogP contribution < -0.4 is 0 Å². The van der Waals surface area contributed by atoms with Crippen molar-refractivity contribution in [2.75, 3.05) is 0 Å². The minimum Gasteiger partial charge on any atom is -0.247 e. The molecule has 0 saturated heterocycles. The van der Waals surface area contributed by atoms with E-state index >= 15 is 0 Å². The molecule has 0 aliphatic carbocycles. The van der Waals surface area contributed by atoms with E-state index in [-0.39, 0.29) is 0 Å². The summed E-state index contributed by atoms with van der Waals surface area (Å²) in [4.78, 5) is 15.5. The highest BCUT2D eigenvalue weighted by Crippen LogP contribution is 2.43. The van der Waals surface area contributed by atoms with Gasteiger partial charge < -0.3 is 0 Å². The van der Waals surface area contributed by atoms with Crippen molar-refractivity contribution in [1.29, 1.82) is 0 Å². The van der Waals surface area contributed by atoms with E-state index in [1.807, 2.05) is 23.5 Å². The van der Waals surface area contributed by atoms with Crippen molar-refractivity contribution in [3.63, 3.8) is 0 Å². The van der Waals surface area contributed by atoms with Gasteiger partial charge in [0.1, 0.15) is 0 Å². The van der Waals surface area contributed by atoms with Crippen LogP contribution in [0.5, 0.6) is 0 Å². The number of hydrogen-bond donors (Lipinski definition) is 0. The van der Waals surface area contributed by atoms with Gasteiger partial charge in [-0.3, -0.25) is 0 Å². The monoisotopic (exact) mass is 743 g/mol. The third-order valence-corrected chi connectivity index (χ3v) is 12.1. The van der Waals surface area contributed by atoms with Gasteiger partial charge in [0.25, 0.3) is 0 Å². The van der Waals surface area contributed by atoms with Gasteiger partial charge in [-0.2, -0.15) is 0 Å². The Labute approximate surface area is 334 Å². The summed E-state index contributed by atoms with van der Waals surface area (Å²) in [6, 6.07) is 70.7. The molecule has 0 fully saturated rings. The molecule has 8 aromatic carbocycles. The van der Waals surface area contributed by atoms with Crippen LogP contribution in [0.1, 0.15) is 0 Å². The molecule has 0 N–H and O–H groups in total. The van der Waals surface area contributed by atoms with Gasteiger partial charge in [-0.1, -0.05) is 176 Å². The highest BCUT2D eigenvalue weighted by Gasteiger charge is 2.17. The molecule has 11 aromatic rings. The van der Waals surface area contributed by atoms with Crippen LogP contribution in [0.4, 0.5) is 0 Å². The van der Waals surface area contributed by atoms with Crippen LogP contribution in [0.2, 0.25) is 0 Å². The molecule has 11 rings (SSSR count). The molecule has 266 valence electrons.